The molecular weight excluding hydrogens is 489 g/mol. The van der Waals surface area contributed by atoms with Crippen molar-refractivity contribution in [1.29, 1.82) is 0 Å². The van der Waals surface area contributed by atoms with E-state index in [1.54, 1.807) is 41.0 Å². The zero-order valence-corrected chi connectivity index (χ0v) is 20.4. The molecule has 0 aliphatic carbocycles. The number of benzene rings is 2. The molecule has 2 aromatic heterocycles. The van der Waals surface area contributed by atoms with Crippen LogP contribution in [0.15, 0.2) is 69.5 Å². The molecule has 10 nitrogen and oxygen atoms in total. The number of rotatable bonds is 10. The number of amides is 1. The molecule has 36 heavy (non-hydrogen) atoms. The average Bonchev–Trinajstić information content (AvgIpc) is 3.57. The summed E-state index contributed by atoms with van der Waals surface area (Å²) in [6, 6.07) is 12.7. The molecule has 0 fully saturated rings. The summed E-state index contributed by atoms with van der Waals surface area (Å²) in [6.45, 7) is 0. The van der Waals surface area contributed by atoms with Crippen LogP contribution >= 0.6 is 11.8 Å². The maximum atomic E-state index is 13.5. The van der Waals surface area contributed by atoms with Gasteiger partial charge < -0.3 is 18.6 Å². The average molecular weight is 512 g/mol. The van der Waals surface area contributed by atoms with Crippen LogP contribution in [-0.4, -0.2) is 54.0 Å². The largest absolute Gasteiger partial charge is 0.493 e. The number of methoxy groups -OCH3 is 3. The van der Waals surface area contributed by atoms with Crippen LogP contribution in [0.2, 0.25) is 0 Å². The van der Waals surface area contributed by atoms with Crippen molar-refractivity contribution >= 4 is 23.9 Å². The molecule has 2 aromatic carbocycles. The Labute approximate surface area is 210 Å². The van der Waals surface area contributed by atoms with Gasteiger partial charge in [-0.05, 0) is 48.5 Å². The first kappa shape index (κ1) is 24.8. The Kier molecular flexibility index (Phi) is 7.85. The van der Waals surface area contributed by atoms with E-state index in [1.165, 1.54) is 45.9 Å². The molecule has 0 spiro atoms. The van der Waals surface area contributed by atoms with E-state index in [0.29, 0.717) is 45.2 Å². The van der Waals surface area contributed by atoms with E-state index in [1.807, 2.05) is 0 Å². The Morgan fingerprint density at radius 1 is 1.11 bits per heavy atom. The van der Waals surface area contributed by atoms with Gasteiger partial charge in [0.2, 0.25) is 11.6 Å². The van der Waals surface area contributed by atoms with Crippen LogP contribution in [0.3, 0.4) is 0 Å². The summed E-state index contributed by atoms with van der Waals surface area (Å²) in [4.78, 5) is 12.4. The van der Waals surface area contributed by atoms with E-state index in [2.05, 4.69) is 20.7 Å². The molecular formula is C24H22FN5O5S. The third-order valence-corrected chi connectivity index (χ3v) is 5.81. The van der Waals surface area contributed by atoms with Gasteiger partial charge in [0.15, 0.2) is 22.4 Å². The molecule has 1 amide bonds. The number of halogens is 1. The van der Waals surface area contributed by atoms with E-state index in [0.717, 1.165) is 11.8 Å². The molecule has 0 unspecified atom stereocenters. The van der Waals surface area contributed by atoms with Crippen LogP contribution in [0.25, 0.3) is 17.3 Å². The first-order valence-corrected chi connectivity index (χ1v) is 11.5. The molecule has 0 bridgehead atoms. The summed E-state index contributed by atoms with van der Waals surface area (Å²) in [7, 11) is 4.54. The summed E-state index contributed by atoms with van der Waals surface area (Å²) in [5.41, 5.74) is 3.73. The number of hydrogen-bond donors (Lipinski definition) is 1. The maximum Gasteiger partial charge on any atom is 0.250 e. The topological polar surface area (TPSA) is 113 Å². The second-order valence-corrected chi connectivity index (χ2v) is 8.08. The van der Waals surface area contributed by atoms with Crippen molar-refractivity contribution in [3.8, 4) is 34.5 Å². The fourth-order valence-electron chi connectivity index (χ4n) is 3.27. The lowest BCUT2D eigenvalue weighted by atomic mass is 10.2. The monoisotopic (exact) mass is 511 g/mol. The Morgan fingerprint density at radius 2 is 1.83 bits per heavy atom. The molecule has 0 aliphatic heterocycles. The molecule has 1 N–H and O–H groups in total. The van der Waals surface area contributed by atoms with Gasteiger partial charge in [-0.15, -0.1) is 10.2 Å². The van der Waals surface area contributed by atoms with Gasteiger partial charge in [0.1, 0.15) is 5.82 Å². The van der Waals surface area contributed by atoms with Gasteiger partial charge >= 0.3 is 0 Å². The van der Waals surface area contributed by atoms with Crippen molar-refractivity contribution in [1.82, 2.24) is 20.2 Å². The lowest BCUT2D eigenvalue weighted by Crippen LogP contribution is -2.20. The lowest BCUT2D eigenvalue weighted by molar-refractivity contribution is -0.118. The molecule has 4 rings (SSSR count). The van der Waals surface area contributed by atoms with Crippen molar-refractivity contribution in [2.24, 2.45) is 5.10 Å². The molecule has 0 saturated heterocycles. The second kappa shape index (κ2) is 11.4. The summed E-state index contributed by atoms with van der Waals surface area (Å²) < 4.78 is 36.5. The summed E-state index contributed by atoms with van der Waals surface area (Å²) >= 11 is 1.15. The van der Waals surface area contributed by atoms with Gasteiger partial charge in [-0.2, -0.15) is 5.10 Å². The Bertz CT molecular complexity index is 1330. The highest BCUT2D eigenvalue weighted by molar-refractivity contribution is 7.99. The third-order valence-electron chi connectivity index (χ3n) is 4.88. The van der Waals surface area contributed by atoms with E-state index < -0.39 is 0 Å². The van der Waals surface area contributed by atoms with Gasteiger partial charge in [0, 0.05) is 5.56 Å². The normalized spacial score (nSPS) is 11.0. The maximum absolute atomic E-state index is 13.5. The lowest BCUT2D eigenvalue weighted by Gasteiger charge is -2.12. The van der Waals surface area contributed by atoms with Crippen LogP contribution in [0.4, 0.5) is 4.39 Å². The van der Waals surface area contributed by atoms with Crippen molar-refractivity contribution in [3.05, 3.63) is 66.2 Å². The van der Waals surface area contributed by atoms with Gasteiger partial charge in [-0.1, -0.05) is 11.8 Å². The first-order valence-electron chi connectivity index (χ1n) is 10.5. The van der Waals surface area contributed by atoms with Crippen LogP contribution in [0.1, 0.15) is 5.56 Å². The van der Waals surface area contributed by atoms with E-state index in [9.17, 15) is 9.18 Å². The number of carbonyl (C=O) groups is 1. The minimum Gasteiger partial charge on any atom is -0.493 e. The van der Waals surface area contributed by atoms with E-state index >= 15 is 0 Å². The fourth-order valence-corrected chi connectivity index (χ4v) is 4.01. The number of aromatic nitrogens is 3. The molecule has 186 valence electrons. The van der Waals surface area contributed by atoms with Crippen LogP contribution < -0.4 is 19.6 Å². The summed E-state index contributed by atoms with van der Waals surface area (Å²) in [6.07, 6.45) is 2.98. The fraction of sp³-hybridized carbons (Fsp3) is 0.167. The summed E-state index contributed by atoms with van der Waals surface area (Å²) in [5, 5.41) is 12.8. The molecule has 12 heteroatoms. The number of ether oxygens (including phenoxy) is 3. The Hall–Kier alpha value is -4.32. The third kappa shape index (κ3) is 5.49. The van der Waals surface area contributed by atoms with Gasteiger partial charge in [-0.25, -0.2) is 9.82 Å². The highest BCUT2D eigenvalue weighted by Gasteiger charge is 2.19. The van der Waals surface area contributed by atoms with Crippen LogP contribution in [0, 0.1) is 5.82 Å². The number of thioether (sulfide) groups is 1. The minimum atomic E-state index is -0.370. The smallest absolute Gasteiger partial charge is 0.250 e. The predicted octanol–water partition coefficient (Wildman–Crippen LogP) is 3.93. The minimum absolute atomic E-state index is 0.00405. The van der Waals surface area contributed by atoms with Crippen molar-refractivity contribution in [3.63, 3.8) is 0 Å². The Balaban J connectivity index is 1.46. The molecule has 4 aromatic rings. The molecule has 0 atom stereocenters. The standard InChI is InChI=1S/C24H22FN5O5S/c1-32-19-11-15(12-20(33-2)22(19)34-3)13-26-27-21(31)14-36-24-29-28-23(18-5-4-10-35-18)30(24)17-8-6-16(25)7-9-17/h4-13H,14H2,1-3H3,(H,27,31). The SMILES string of the molecule is COc1cc(C=NNC(=O)CSc2nnc(-c3ccco3)n2-c2ccc(F)cc2)cc(OC)c1OC. The number of hydrogen-bond acceptors (Lipinski definition) is 9. The number of carbonyl (C=O) groups excluding carboxylic acids is 1. The number of nitrogens with one attached hydrogen (secondary N) is 1. The van der Waals surface area contributed by atoms with Gasteiger partial charge in [-0.3, -0.25) is 9.36 Å². The van der Waals surface area contributed by atoms with Crippen LogP contribution in [-0.2, 0) is 4.79 Å². The molecule has 0 saturated carbocycles. The molecule has 0 radical (unpaired) electrons. The molecule has 2 heterocycles. The highest BCUT2D eigenvalue weighted by Crippen LogP contribution is 2.37. The van der Waals surface area contributed by atoms with Gasteiger partial charge in [0.25, 0.3) is 5.91 Å². The van der Waals surface area contributed by atoms with Crippen LogP contribution in [0.5, 0.6) is 17.2 Å². The second-order valence-electron chi connectivity index (χ2n) is 7.14. The molecule has 0 aliphatic rings. The predicted molar refractivity (Wildman–Crippen MR) is 132 cm³/mol. The number of nitrogens with zero attached hydrogens (tertiary/aromatic N) is 4. The Morgan fingerprint density at radius 3 is 2.44 bits per heavy atom. The number of hydrazone groups is 1. The zero-order chi connectivity index (χ0) is 25.5. The van der Waals surface area contributed by atoms with E-state index in [-0.39, 0.29) is 17.5 Å². The highest BCUT2D eigenvalue weighted by atomic mass is 32.2. The summed E-state index contributed by atoms with van der Waals surface area (Å²) in [5.74, 6) is 1.57. The van der Waals surface area contributed by atoms with Gasteiger partial charge in [0.05, 0.1) is 45.2 Å². The zero-order valence-electron chi connectivity index (χ0n) is 19.6. The first-order chi connectivity index (χ1) is 17.5. The van der Waals surface area contributed by atoms with E-state index in [4.69, 9.17) is 18.6 Å². The number of furan rings is 1. The van der Waals surface area contributed by atoms with Crippen molar-refractivity contribution in [2.45, 2.75) is 5.16 Å². The quantitative estimate of drug-likeness (QED) is 0.194. The van der Waals surface area contributed by atoms with Crippen molar-refractivity contribution in [2.75, 3.05) is 27.1 Å². The van der Waals surface area contributed by atoms with Crippen molar-refractivity contribution < 1.29 is 27.8 Å².